The largest absolute Gasteiger partial charge is 0.398 e. The van der Waals surface area contributed by atoms with Crippen LogP contribution in [0.25, 0.3) is 0 Å². The highest BCUT2D eigenvalue weighted by Gasteiger charge is 2.54. The second-order valence-corrected chi connectivity index (χ2v) is 3.87. The molecule has 0 N–H and O–H groups in total. The first-order chi connectivity index (χ1) is 6.93. The summed E-state index contributed by atoms with van der Waals surface area (Å²) in [5.74, 6) is -3.84. The van der Waals surface area contributed by atoms with Gasteiger partial charge in [0, 0.05) is 19.3 Å². The first-order valence-electron chi connectivity index (χ1n) is 4.80. The molecule has 0 bridgehead atoms. The van der Waals surface area contributed by atoms with Crippen molar-refractivity contribution in [3.63, 3.8) is 0 Å². The molecular weight excluding hydrogens is 213 g/mol. The summed E-state index contributed by atoms with van der Waals surface area (Å²) in [6, 6.07) is 0. The van der Waals surface area contributed by atoms with E-state index >= 15 is 0 Å². The molecule has 3 nitrogen and oxygen atoms in total. The number of ketones is 1. The lowest BCUT2D eigenvalue weighted by Gasteiger charge is -2.35. The van der Waals surface area contributed by atoms with Gasteiger partial charge in [0.15, 0.2) is 5.79 Å². The molecule has 1 spiro atoms. The third-order valence-corrected chi connectivity index (χ3v) is 2.86. The Balaban J connectivity index is 2.14. The fourth-order valence-electron chi connectivity index (χ4n) is 2.07. The zero-order valence-corrected chi connectivity index (χ0v) is 7.97. The summed E-state index contributed by atoms with van der Waals surface area (Å²) in [5, 5.41) is 0. The third kappa shape index (κ3) is 2.01. The highest BCUT2D eigenvalue weighted by atomic mass is 19.4. The summed E-state index contributed by atoms with van der Waals surface area (Å²) >= 11 is 0. The van der Waals surface area contributed by atoms with Gasteiger partial charge >= 0.3 is 6.18 Å². The molecule has 6 heteroatoms. The molecule has 0 aromatic rings. The maximum atomic E-state index is 12.5. The fourth-order valence-corrected chi connectivity index (χ4v) is 2.07. The molecule has 1 aliphatic heterocycles. The highest BCUT2D eigenvalue weighted by Crippen LogP contribution is 2.43. The van der Waals surface area contributed by atoms with Gasteiger partial charge in [-0.3, -0.25) is 4.79 Å². The van der Waals surface area contributed by atoms with E-state index in [2.05, 4.69) is 0 Å². The number of hydrogen-bond acceptors (Lipinski definition) is 3. The van der Waals surface area contributed by atoms with Crippen LogP contribution in [0, 0.1) is 5.92 Å². The smallest absolute Gasteiger partial charge is 0.347 e. The summed E-state index contributed by atoms with van der Waals surface area (Å²) in [7, 11) is 0. The van der Waals surface area contributed by atoms with Crippen molar-refractivity contribution >= 4 is 5.78 Å². The third-order valence-electron chi connectivity index (χ3n) is 2.86. The van der Waals surface area contributed by atoms with Crippen LogP contribution < -0.4 is 0 Å². The topological polar surface area (TPSA) is 35.5 Å². The van der Waals surface area contributed by atoms with Crippen molar-refractivity contribution < 1.29 is 27.4 Å². The quantitative estimate of drug-likeness (QED) is 0.627. The van der Waals surface area contributed by atoms with Crippen molar-refractivity contribution in [2.75, 3.05) is 13.2 Å². The predicted octanol–water partition coefficient (Wildman–Crippen LogP) is 1.66. The SMILES string of the molecule is O=C1CCC2(CC1C(F)(F)F)OCCO2. The fraction of sp³-hybridized carbons (Fsp3) is 0.889. The van der Waals surface area contributed by atoms with E-state index in [1.54, 1.807) is 0 Å². The minimum atomic E-state index is -4.49. The van der Waals surface area contributed by atoms with Gasteiger partial charge in [0.2, 0.25) is 0 Å². The maximum Gasteiger partial charge on any atom is 0.398 e. The molecule has 0 aromatic carbocycles. The number of ether oxygens (including phenoxy) is 2. The molecule has 2 rings (SSSR count). The van der Waals surface area contributed by atoms with E-state index in [0.29, 0.717) is 13.2 Å². The predicted molar refractivity (Wildman–Crippen MR) is 43.0 cm³/mol. The number of halogens is 3. The molecule has 1 atom stereocenters. The minimum absolute atomic E-state index is 0.121. The summed E-state index contributed by atoms with van der Waals surface area (Å²) in [6.07, 6.45) is -4.77. The Kier molecular flexibility index (Phi) is 2.50. The Bertz CT molecular complexity index is 268. The second-order valence-electron chi connectivity index (χ2n) is 3.87. The lowest BCUT2D eigenvalue weighted by Crippen LogP contribution is -2.45. The summed E-state index contributed by atoms with van der Waals surface area (Å²) in [6.45, 7) is 0.609. The van der Waals surface area contributed by atoms with Crippen LogP contribution in [-0.4, -0.2) is 31.0 Å². The molecule has 0 amide bonds. The summed E-state index contributed by atoms with van der Waals surface area (Å²) in [4.78, 5) is 11.1. The van der Waals surface area contributed by atoms with Crippen molar-refractivity contribution in [1.29, 1.82) is 0 Å². The second kappa shape index (κ2) is 3.45. The molecule has 1 unspecified atom stereocenters. The van der Waals surface area contributed by atoms with Gasteiger partial charge in [0.25, 0.3) is 0 Å². The summed E-state index contributed by atoms with van der Waals surface area (Å²) in [5.41, 5.74) is 0. The number of Topliss-reactive ketones (excluding diaryl/α,β-unsaturated/α-hetero) is 1. The first-order valence-corrected chi connectivity index (χ1v) is 4.80. The van der Waals surface area contributed by atoms with Gasteiger partial charge in [-0.1, -0.05) is 0 Å². The van der Waals surface area contributed by atoms with Crippen molar-refractivity contribution in [3.05, 3.63) is 0 Å². The Hall–Kier alpha value is -0.620. The molecular formula is C9H11F3O3. The van der Waals surface area contributed by atoms with Crippen LogP contribution in [0.15, 0.2) is 0 Å². The number of rotatable bonds is 0. The Morgan fingerprint density at radius 1 is 1.27 bits per heavy atom. The molecule has 86 valence electrons. The Morgan fingerprint density at radius 3 is 2.40 bits per heavy atom. The molecule has 15 heavy (non-hydrogen) atoms. The van der Waals surface area contributed by atoms with Crippen molar-refractivity contribution in [1.82, 2.24) is 0 Å². The van der Waals surface area contributed by atoms with Gasteiger partial charge in [-0.2, -0.15) is 13.2 Å². The van der Waals surface area contributed by atoms with Gasteiger partial charge in [0.1, 0.15) is 11.7 Å². The molecule has 0 radical (unpaired) electrons. The lowest BCUT2D eigenvalue weighted by molar-refractivity contribution is -0.236. The van der Waals surface area contributed by atoms with Crippen LogP contribution in [0.4, 0.5) is 13.2 Å². The maximum absolute atomic E-state index is 12.5. The van der Waals surface area contributed by atoms with Crippen LogP contribution in [0.1, 0.15) is 19.3 Å². The van der Waals surface area contributed by atoms with Crippen molar-refractivity contribution in [3.8, 4) is 0 Å². The van der Waals surface area contributed by atoms with E-state index in [0.717, 1.165) is 0 Å². The van der Waals surface area contributed by atoms with Crippen molar-refractivity contribution in [2.24, 2.45) is 5.92 Å². The van der Waals surface area contributed by atoms with Gasteiger partial charge in [-0.05, 0) is 0 Å². The van der Waals surface area contributed by atoms with Gasteiger partial charge < -0.3 is 9.47 Å². The van der Waals surface area contributed by atoms with Gasteiger partial charge in [-0.15, -0.1) is 0 Å². The van der Waals surface area contributed by atoms with Gasteiger partial charge in [0.05, 0.1) is 13.2 Å². The first kappa shape index (κ1) is 10.9. The highest BCUT2D eigenvalue weighted by molar-refractivity contribution is 5.82. The van der Waals surface area contributed by atoms with Crippen LogP contribution in [-0.2, 0) is 14.3 Å². The Morgan fingerprint density at radius 2 is 1.87 bits per heavy atom. The van der Waals surface area contributed by atoms with E-state index in [-0.39, 0.29) is 12.8 Å². The normalized spacial score (nSPS) is 31.1. The lowest BCUT2D eigenvalue weighted by atomic mass is 9.83. The van der Waals surface area contributed by atoms with E-state index in [1.807, 2.05) is 0 Å². The molecule has 1 saturated heterocycles. The van der Waals surface area contributed by atoms with Crippen LogP contribution in [0.3, 0.4) is 0 Å². The number of hydrogen-bond donors (Lipinski definition) is 0. The molecule has 2 aliphatic rings. The monoisotopic (exact) mass is 224 g/mol. The van der Waals surface area contributed by atoms with Gasteiger partial charge in [-0.25, -0.2) is 0 Å². The van der Waals surface area contributed by atoms with Crippen LogP contribution >= 0.6 is 0 Å². The molecule has 1 aliphatic carbocycles. The van der Waals surface area contributed by atoms with Crippen LogP contribution in [0.2, 0.25) is 0 Å². The number of carbonyl (C=O) groups is 1. The molecule has 2 fully saturated rings. The minimum Gasteiger partial charge on any atom is -0.347 e. The van der Waals surface area contributed by atoms with E-state index in [1.165, 1.54) is 0 Å². The molecule has 0 aromatic heterocycles. The average molecular weight is 224 g/mol. The van der Waals surface area contributed by atoms with Crippen molar-refractivity contribution in [2.45, 2.75) is 31.2 Å². The van der Waals surface area contributed by atoms with Crippen LogP contribution in [0.5, 0.6) is 0 Å². The average Bonchev–Trinajstić information content (AvgIpc) is 2.57. The summed E-state index contributed by atoms with van der Waals surface area (Å²) < 4.78 is 47.8. The molecule has 1 saturated carbocycles. The molecule has 1 heterocycles. The van der Waals surface area contributed by atoms with E-state index in [9.17, 15) is 18.0 Å². The Labute approximate surface area is 84.5 Å². The zero-order chi connectivity index (χ0) is 11.1. The van der Waals surface area contributed by atoms with E-state index in [4.69, 9.17) is 9.47 Å². The number of carbonyl (C=O) groups excluding carboxylic acids is 1. The van der Waals surface area contributed by atoms with E-state index < -0.39 is 30.1 Å². The standard InChI is InChI=1S/C9H11F3O3/c10-9(11,12)6-5-8(2-1-7(6)13)14-3-4-15-8/h6H,1-5H2. The number of alkyl halides is 3. The zero-order valence-electron chi connectivity index (χ0n) is 7.97.